The molecule has 0 radical (unpaired) electrons. The van der Waals surface area contributed by atoms with Crippen molar-refractivity contribution >= 4 is 0 Å². The van der Waals surface area contributed by atoms with Gasteiger partial charge in [-0.05, 0) is 26.0 Å². The highest BCUT2D eigenvalue weighted by Crippen LogP contribution is 2.22. The maximum Gasteiger partial charge on any atom is 0.258 e. The van der Waals surface area contributed by atoms with Crippen LogP contribution in [0.25, 0.3) is 11.5 Å². The normalized spacial score (nSPS) is 19.6. The van der Waals surface area contributed by atoms with Crippen LogP contribution in [0.4, 0.5) is 0 Å². The molecular formula is C14H17N3O2. The van der Waals surface area contributed by atoms with Crippen molar-refractivity contribution in [1.82, 2.24) is 15.5 Å². The Labute approximate surface area is 112 Å². The molecule has 5 heteroatoms. The van der Waals surface area contributed by atoms with Crippen molar-refractivity contribution in [2.75, 3.05) is 19.8 Å². The number of hydrogen-bond donors (Lipinski definition) is 1. The molecule has 1 aromatic heterocycles. The second kappa shape index (κ2) is 5.11. The van der Waals surface area contributed by atoms with Gasteiger partial charge in [0.2, 0.25) is 0 Å². The smallest absolute Gasteiger partial charge is 0.258 e. The lowest BCUT2D eigenvalue weighted by molar-refractivity contribution is 0.0734. The van der Waals surface area contributed by atoms with Gasteiger partial charge in [0.05, 0.1) is 19.3 Å². The first kappa shape index (κ1) is 12.3. The van der Waals surface area contributed by atoms with Gasteiger partial charge in [0.25, 0.3) is 5.89 Å². The molecule has 1 aromatic carbocycles. The van der Waals surface area contributed by atoms with Crippen molar-refractivity contribution in [3.05, 3.63) is 35.2 Å². The molecule has 1 fully saturated rings. The van der Waals surface area contributed by atoms with Crippen molar-refractivity contribution in [2.24, 2.45) is 0 Å². The third kappa shape index (κ3) is 2.67. The molecule has 1 N–H and O–H groups in total. The number of rotatable bonds is 2. The summed E-state index contributed by atoms with van der Waals surface area (Å²) in [6.45, 7) is 6.26. The van der Waals surface area contributed by atoms with Crippen LogP contribution >= 0.6 is 0 Å². The fourth-order valence-corrected chi connectivity index (χ4v) is 2.32. The molecule has 0 spiro atoms. The van der Waals surface area contributed by atoms with Gasteiger partial charge >= 0.3 is 0 Å². The van der Waals surface area contributed by atoms with E-state index in [0.29, 0.717) is 18.3 Å². The van der Waals surface area contributed by atoms with E-state index in [1.165, 1.54) is 11.1 Å². The highest BCUT2D eigenvalue weighted by atomic mass is 16.5. The first-order chi connectivity index (χ1) is 9.22. The van der Waals surface area contributed by atoms with E-state index < -0.39 is 0 Å². The third-order valence-corrected chi connectivity index (χ3v) is 3.14. The SMILES string of the molecule is Cc1cc(C)cc(-c2nc(C3COCCN3)no2)c1. The topological polar surface area (TPSA) is 60.2 Å². The number of morpholine rings is 1. The Morgan fingerprint density at radius 3 is 2.68 bits per heavy atom. The quantitative estimate of drug-likeness (QED) is 0.894. The molecule has 0 saturated carbocycles. The molecule has 1 aliphatic heterocycles. The third-order valence-electron chi connectivity index (χ3n) is 3.14. The van der Waals surface area contributed by atoms with Crippen LogP contribution in [-0.2, 0) is 4.74 Å². The summed E-state index contributed by atoms with van der Waals surface area (Å²) in [5, 5.41) is 7.36. The van der Waals surface area contributed by atoms with Crippen molar-refractivity contribution in [3.63, 3.8) is 0 Å². The number of aryl methyl sites for hydroxylation is 2. The van der Waals surface area contributed by atoms with Crippen LogP contribution in [0.15, 0.2) is 22.7 Å². The Morgan fingerprint density at radius 1 is 1.21 bits per heavy atom. The summed E-state index contributed by atoms with van der Waals surface area (Å²) in [6, 6.07) is 6.25. The first-order valence-electron chi connectivity index (χ1n) is 6.46. The Balaban J connectivity index is 1.87. The van der Waals surface area contributed by atoms with Gasteiger partial charge < -0.3 is 14.6 Å². The second-order valence-electron chi connectivity index (χ2n) is 4.92. The van der Waals surface area contributed by atoms with E-state index in [4.69, 9.17) is 9.26 Å². The molecule has 1 atom stereocenters. The summed E-state index contributed by atoms with van der Waals surface area (Å²) in [7, 11) is 0. The van der Waals surface area contributed by atoms with Gasteiger partial charge in [0, 0.05) is 12.1 Å². The molecule has 2 heterocycles. The van der Waals surface area contributed by atoms with Crippen molar-refractivity contribution in [3.8, 4) is 11.5 Å². The molecule has 100 valence electrons. The zero-order valence-corrected chi connectivity index (χ0v) is 11.1. The molecular weight excluding hydrogens is 242 g/mol. The predicted octanol–water partition coefficient (Wildman–Crippen LogP) is 2.01. The van der Waals surface area contributed by atoms with E-state index in [9.17, 15) is 0 Å². The number of aromatic nitrogens is 2. The average molecular weight is 259 g/mol. The average Bonchev–Trinajstić information content (AvgIpc) is 2.88. The Kier molecular flexibility index (Phi) is 3.31. The van der Waals surface area contributed by atoms with Gasteiger partial charge in [0.1, 0.15) is 0 Å². The van der Waals surface area contributed by atoms with Gasteiger partial charge in [-0.1, -0.05) is 22.3 Å². The first-order valence-corrected chi connectivity index (χ1v) is 6.46. The Hall–Kier alpha value is -1.72. The molecule has 5 nitrogen and oxygen atoms in total. The van der Waals surface area contributed by atoms with Crippen molar-refractivity contribution < 1.29 is 9.26 Å². The number of ether oxygens (including phenoxy) is 1. The molecule has 1 unspecified atom stereocenters. The summed E-state index contributed by atoms with van der Waals surface area (Å²) >= 11 is 0. The van der Waals surface area contributed by atoms with Gasteiger partial charge in [0.15, 0.2) is 5.82 Å². The van der Waals surface area contributed by atoms with Crippen LogP contribution in [0.2, 0.25) is 0 Å². The van der Waals surface area contributed by atoms with Crippen molar-refractivity contribution in [1.29, 1.82) is 0 Å². The maximum atomic E-state index is 5.41. The van der Waals surface area contributed by atoms with Gasteiger partial charge in [-0.3, -0.25) is 0 Å². The minimum atomic E-state index is 0.0251. The number of hydrogen-bond acceptors (Lipinski definition) is 5. The van der Waals surface area contributed by atoms with E-state index in [0.717, 1.165) is 18.7 Å². The van der Waals surface area contributed by atoms with Gasteiger partial charge in [-0.25, -0.2) is 0 Å². The minimum Gasteiger partial charge on any atom is -0.378 e. The van der Waals surface area contributed by atoms with E-state index in [1.807, 2.05) is 0 Å². The van der Waals surface area contributed by atoms with Crippen LogP contribution in [0.3, 0.4) is 0 Å². The number of nitrogens with zero attached hydrogens (tertiary/aromatic N) is 2. The summed E-state index contributed by atoms with van der Waals surface area (Å²) in [6.07, 6.45) is 0. The molecule has 0 aliphatic carbocycles. The van der Waals surface area contributed by atoms with E-state index >= 15 is 0 Å². The zero-order chi connectivity index (χ0) is 13.2. The lowest BCUT2D eigenvalue weighted by Gasteiger charge is -2.20. The molecule has 19 heavy (non-hydrogen) atoms. The van der Waals surface area contributed by atoms with E-state index in [2.05, 4.69) is 47.5 Å². The molecule has 3 rings (SSSR count). The fraction of sp³-hybridized carbons (Fsp3) is 0.429. The molecule has 1 aliphatic rings. The minimum absolute atomic E-state index is 0.0251. The molecule has 0 bridgehead atoms. The van der Waals surface area contributed by atoms with Crippen molar-refractivity contribution in [2.45, 2.75) is 19.9 Å². The summed E-state index contributed by atoms with van der Waals surface area (Å²) < 4.78 is 10.8. The van der Waals surface area contributed by atoms with Crippen LogP contribution in [0.1, 0.15) is 23.0 Å². The molecule has 1 saturated heterocycles. The van der Waals surface area contributed by atoms with Gasteiger partial charge in [-0.2, -0.15) is 4.98 Å². The Morgan fingerprint density at radius 2 is 2.00 bits per heavy atom. The predicted molar refractivity (Wildman–Crippen MR) is 70.8 cm³/mol. The number of benzene rings is 1. The van der Waals surface area contributed by atoms with Crippen LogP contribution in [0.5, 0.6) is 0 Å². The summed E-state index contributed by atoms with van der Waals surface area (Å²) in [5.74, 6) is 1.23. The molecule has 2 aromatic rings. The largest absolute Gasteiger partial charge is 0.378 e. The van der Waals surface area contributed by atoms with Gasteiger partial charge in [-0.15, -0.1) is 0 Å². The van der Waals surface area contributed by atoms with Crippen LogP contribution in [-0.4, -0.2) is 29.9 Å². The monoisotopic (exact) mass is 259 g/mol. The Bertz CT molecular complexity index is 554. The van der Waals surface area contributed by atoms with E-state index in [1.54, 1.807) is 0 Å². The van der Waals surface area contributed by atoms with Crippen LogP contribution < -0.4 is 5.32 Å². The van der Waals surface area contributed by atoms with Crippen LogP contribution in [0, 0.1) is 13.8 Å². The standard InChI is InChI=1S/C14H17N3O2/c1-9-5-10(2)7-11(6-9)14-16-13(17-19-14)12-8-18-4-3-15-12/h5-7,12,15H,3-4,8H2,1-2H3. The summed E-state index contributed by atoms with van der Waals surface area (Å²) in [4.78, 5) is 4.47. The van der Waals surface area contributed by atoms with E-state index in [-0.39, 0.29) is 6.04 Å². The highest BCUT2D eigenvalue weighted by Gasteiger charge is 2.21. The zero-order valence-electron chi connectivity index (χ0n) is 11.1. The number of nitrogens with one attached hydrogen (secondary N) is 1. The lowest BCUT2D eigenvalue weighted by Crippen LogP contribution is -2.35. The fourth-order valence-electron chi connectivity index (χ4n) is 2.32. The lowest BCUT2D eigenvalue weighted by atomic mass is 10.1. The summed E-state index contributed by atoms with van der Waals surface area (Å²) in [5.41, 5.74) is 3.34. The molecule has 0 amide bonds. The highest BCUT2D eigenvalue weighted by molar-refractivity contribution is 5.55. The maximum absolute atomic E-state index is 5.41. The second-order valence-corrected chi connectivity index (χ2v) is 4.92.